The Morgan fingerprint density at radius 3 is 2.47 bits per heavy atom. The normalized spacial score (nSPS) is 17.7. The van der Waals surface area contributed by atoms with Gasteiger partial charge in [-0.1, -0.05) is 26.0 Å². The van der Waals surface area contributed by atoms with Crippen molar-refractivity contribution in [3.05, 3.63) is 12.2 Å². The molecule has 0 saturated heterocycles. The molecule has 19 heavy (non-hydrogen) atoms. The monoisotopic (exact) mass is 270 g/mol. The van der Waals surface area contributed by atoms with Crippen LogP contribution in [-0.2, 0) is 9.59 Å². The first-order valence-corrected chi connectivity index (χ1v) is 6.73. The van der Waals surface area contributed by atoms with Crippen LogP contribution in [0.3, 0.4) is 0 Å². The molecule has 0 aliphatic carbocycles. The highest BCUT2D eigenvalue weighted by molar-refractivity contribution is 5.85. The molecule has 0 bridgehead atoms. The molecule has 0 aromatic rings. The van der Waals surface area contributed by atoms with Gasteiger partial charge in [-0.05, 0) is 32.7 Å². The molecule has 4 atom stereocenters. The molecule has 0 fully saturated rings. The van der Waals surface area contributed by atoms with Crippen LogP contribution in [0.15, 0.2) is 12.2 Å². The Labute approximate surface area is 115 Å². The van der Waals surface area contributed by atoms with Crippen LogP contribution >= 0.6 is 0 Å². The first kappa shape index (κ1) is 17.8. The second-order valence-corrected chi connectivity index (χ2v) is 4.70. The average Bonchev–Trinajstić information content (AvgIpc) is 2.42. The molecule has 1 amide bonds. The van der Waals surface area contributed by atoms with Crippen molar-refractivity contribution in [2.24, 2.45) is 5.92 Å². The predicted molar refractivity (Wildman–Crippen MR) is 75.7 cm³/mol. The van der Waals surface area contributed by atoms with Crippen LogP contribution in [0.5, 0.6) is 0 Å². The predicted octanol–water partition coefficient (Wildman–Crippen LogP) is 0.631. The van der Waals surface area contributed by atoms with E-state index in [1.165, 1.54) is 0 Å². The van der Waals surface area contributed by atoms with Gasteiger partial charge in [-0.15, -0.1) is 0 Å². The fraction of sp³-hybridized carbons (Fsp3) is 0.714. The maximum atomic E-state index is 12.0. The van der Waals surface area contributed by atoms with Crippen LogP contribution in [0.25, 0.3) is 0 Å². The summed E-state index contributed by atoms with van der Waals surface area (Å²) in [5.74, 6) is -0.392. The number of aliphatic hydroxyl groups excluding tert-OH is 1. The maximum Gasteiger partial charge on any atom is 0.240 e. The molecule has 0 aromatic carbocycles. The smallest absolute Gasteiger partial charge is 0.240 e. The van der Waals surface area contributed by atoms with Gasteiger partial charge in [-0.2, -0.15) is 0 Å². The van der Waals surface area contributed by atoms with Crippen molar-refractivity contribution in [2.75, 3.05) is 7.05 Å². The van der Waals surface area contributed by atoms with Crippen molar-refractivity contribution >= 4 is 12.2 Å². The highest BCUT2D eigenvalue weighted by Gasteiger charge is 2.29. The Hall–Kier alpha value is -1.20. The summed E-state index contributed by atoms with van der Waals surface area (Å²) in [5, 5.41) is 15.6. The number of carbonyl (C=O) groups is 2. The van der Waals surface area contributed by atoms with Crippen molar-refractivity contribution in [3.8, 4) is 0 Å². The van der Waals surface area contributed by atoms with Crippen LogP contribution in [0.2, 0.25) is 0 Å². The number of aldehydes is 1. The molecule has 0 rings (SSSR count). The molecule has 5 nitrogen and oxygen atoms in total. The van der Waals surface area contributed by atoms with E-state index >= 15 is 0 Å². The van der Waals surface area contributed by atoms with E-state index in [4.69, 9.17) is 0 Å². The summed E-state index contributed by atoms with van der Waals surface area (Å²) in [4.78, 5) is 22.7. The zero-order valence-electron chi connectivity index (χ0n) is 12.2. The van der Waals surface area contributed by atoms with Crippen LogP contribution < -0.4 is 10.6 Å². The van der Waals surface area contributed by atoms with Gasteiger partial charge in [0, 0.05) is 0 Å². The molecule has 0 aromatic heterocycles. The maximum absolute atomic E-state index is 12.0. The molecule has 0 spiro atoms. The van der Waals surface area contributed by atoms with Gasteiger partial charge in [0.05, 0.1) is 12.1 Å². The number of carbonyl (C=O) groups excluding carboxylic acids is 2. The first-order chi connectivity index (χ1) is 9.01. The van der Waals surface area contributed by atoms with Crippen molar-refractivity contribution in [1.29, 1.82) is 0 Å². The standard InChI is InChI=1S/C14H26N2O3/c1-5-7-8-10(3)13(18)12(15-4)14(19)16-11(6-2)9-17/h5,7,9-13,15,18H,6,8H2,1-4H3,(H,16,19)/b7-5-. The van der Waals surface area contributed by atoms with Crippen LogP contribution in [0.1, 0.15) is 33.6 Å². The van der Waals surface area contributed by atoms with Gasteiger partial charge < -0.3 is 20.5 Å². The summed E-state index contributed by atoms with van der Waals surface area (Å²) in [5.41, 5.74) is 0. The summed E-state index contributed by atoms with van der Waals surface area (Å²) < 4.78 is 0. The topological polar surface area (TPSA) is 78.4 Å². The number of nitrogens with one attached hydrogen (secondary N) is 2. The minimum atomic E-state index is -0.801. The third-order valence-electron chi connectivity index (χ3n) is 3.19. The third-order valence-corrected chi connectivity index (χ3v) is 3.19. The van der Waals surface area contributed by atoms with Crippen LogP contribution in [-0.4, -0.2) is 42.5 Å². The summed E-state index contributed by atoms with van der Waals surface area (Å²) in [6, 6.07) is -1.21. The lowest BCUT2D eigenvalue weighted by Gasteiger charge is -2.27. The van der Waals surface area contributed by atoms with E-state index in [2.05, 4.69) is 10.6 Å². The molecule has 0 heterocycles. The molecular formula is C14H26N2O3. The highest BCUT2D eigenvalue weighted by Crippen LogP contribution is 2.13. The Bertz CT molecular complexity index is 305. The lowest BCUT2D eigenvalue weighted by molar-refractivity contribution is -0.129. The zero-order valence-corrected chi connectivity index (χ0v) is 12.2. The number of allylic oxidation sites excluding steroid dienone is 2. The van der Waals surface area contributed by atoms with Crippen molar-refractivity contribution in [1.82, 2.24) is 10.6 Å². The summed E-state index contributed by atoms with van der Waals surface area (Å²) in [6.07, 6.45) is 5.02. The summed E-state index contributed by atoms with van der Waals surface area (Å²) >= 11 is 0. The molecule has 3 N–H and O–H groups in total. The lowest BCUT2D eigenvalue weighted by Crippen LogP contribution is -2.54. The lowest BCUT2D eigenvalue weighted by atomic mass is 9.94. The minimum absolute atomic E-state index is 0.0456. The average molecular weight is 270 g/mol. The Kier molecular flexibility index (Phi) is 9.08. The molecule has 4 unspecified atom stereocenters. The van der Waals surface area contributed by atoms with E-state index in [0.29, 0.717) is 19.1 Å². The molecule has 110 valence electrons. The van der Waals surface area contributed by atoms with Gasteiger partial charge in [-0.3, -0.25) is 4.79 Å². The number of rotatable bonds is 9. The van der Waals surface area contributed by atoms with Crippen molar-refractivity contribution in [2.45, 2.75) is 51.8 Å². The van der Waals surface area contributed by atoms with Crippen LogP contribution in [0, 0.1) is 5.92 Å². The summed E-state index contributed by atoms with van der Waals surface area (Å²) in [6.45, 7) is 5.62. The van der Waals surface area contributed by atoms with Gasteiger partial charge >= 0.3 is 0 Å². The number of hydrogen-bond donors (Lipinski definition) is 3. The quantitative estimate of drug-likeness (QED) is 0.424. The second-order valence-electron chi connectivity index (χ2n) is 4.70. The highest BCUT2D eigenvalue weighted by atomic mass is 16.3. The van der Waals surface area contributed by atoms with Crippen molar-refractivity contribution in [3.63, 3.8) is 0 Å². The van der Waals surface area contributed by atoms with Gasteiger partial charge in [-0.25, -0.2) is 0 Å². The van der Waals surface area contributed by atoms with Gasteiger partial charge in [0.1, 0.15) is 12.3 Å². The van der Waals surface area contributed by atoms with E-state index in [-0.39, 0.29) is 11.8 Å². The van der Waals surface area contributed by atoms with Gasteiger partial charge in [0.15, 0.2) is 0 Å². The zero-order chi connectivity index (χ0) is 14.8. The molecular weight excluding hydrogens is 244 g/mol. The molecule has 0 aliphatic rings. The number of aliphatic hydroxyl groups is 1. The van der Waals surface area contributed by atoms with E-state index in [0.717, 1.165) is 0 Å². The van der Waals surface area contributed by atoms with Crippen LogP contribution in [0.4, 0.5) is 0 Å². The molecule has 5 heteroatoms. The van der Waals surface area contributed by atoms with Crippen molar-refractivity contribution < 1.29 is 14.7 Å². The van der Waals surface area contributed by atoms with E-state index in [9.17, 15) is 14.7 Å². The summed E-state index contributed by atoms with van der Waals surface area (Å²) in [7, 11) is 1.62. The van der Waals surface area contributed by atoms with E-state index < -0.39 is 18.2 Å². The van der Waals surface area contributed by atoms with Gasteiger partial charge in [0.2, 0.25) is 5.91 Å². The second kappa shape index (κ2) is 9.69. The molecule has 0 radical (unpaired) electrons. The number of amides is 1. The van der Waals surface area contributed by atoms with E-state index in [1.807, 2.05) is 32.9 Å². The fourth-order valence-corrected chi connectivity index (χ4v) is 1.78. The fourth-order valence-electron chi connectivity index (χ4n) is 1.78. The molecule has 0 aliphatic heterocycles. The first-order valence-electron chi connectivity index (χ1n) is 6.73. The minimum Gasteiger partial charge on any atom is -0.391 e. The third kappa shape index (κ3) is 5.98. The SMILES string of the molecule is C/C=C\CC(C)C(O)C(NC)C(=O)NC(C=O)CC. The Morgan fingerprint density at radius 1 is 1.42 bits per heavy atom. The number of hydrogen-bond acceptors (Lipinski definition) is 4. The Balaban J connectivity index is 4.61. The van der Waals surface area contributed by atoms with E-state index in [1.54, 1.807) is 7.05 Å². The molecule has 0 saturated carbocycles. The van der Waals surface area contributed by atoms with Gasteiger partial charge in [0.25, 0.3) is 0 Å². The Morgan fingerprint density at radius 2 is 2.05 bits per heavy atom. The largest absolute Gasteiger partial charge is 0.391 e. The number of likely N-dealkylation sites (N-methyl/N-ethyl adjacent to an activating group) is 1.